The van der Waals surface area contributed by atoms with Gasteiger partial charge in [0.25, 0.3) is 0 Å². The van der Waals surface area contributed by atoms with Crippen molar-refractivity contribution in [2.24, 2.45) is 5.92 Å². The lowest BCUT2D eigenvalue weighted by atomic mass is 9.86. The number of benzene rings is 1. The van der Waals surface area contributed by atoms with Gasteiger partial charge in [0.2, 0.25) is 0 Å². The van der Waals surface area contributed by atoms with Gasteiger partial charge >= 0.3 is 6.09 Å². The van der Waals surface area contributed by atoms with Crippen molar-refractivity contribution in [3.05, 3.63) is 35.7 Å². The van der Waals surface area contributed by atoms with Gasteiger partial charge in [0.1, 0.15) is 11.9 Å². The van der Waals surface area contributed by atoms with Crippen molar-refractivity contribution in [1.29, 1.82) is 0 Å². The van der Waals surface area contributed by atoms with E-state index in [0.717, 1.165) is 54.4 Å². The number of para-hydroxylation sites is 1. The summed E-state index contributed by atoms with van der Waals surface area (Å²) in [5.41, 5.74) is 1.74. The maximum absolute atomic E-state index is 12.4. The van der Waals surface area contributed by atoms with Gasteiger partial charge in [0, 0.05) is 12.1 Å². The summed E-state index contributed by atoms with van der Waals surface area (Å²) in [6, 6.07) is 9.72. The van der Waals surface area contributed by atoms with E-state index in [4.69, 9.17) is 9.47 Å². The summed E-state index contributed by atoms with van der Waals surface area (Å²) in [6.45, 7) is 3.13. The number of carbonyl (C=O) groups excluding carboxylic acids is 1. The minimum absolute atomic E-state index is 0.0100. The molecule has 5 rings (SSSR count). The molecular formula is C19H22N2O3S. The highest BCUT2D eigenvalue weighted by Gasteiger charge is 2.36. The Bertz CT molecular complexity index is 753. The summed E-state index contributed by atoms with van der Waals surface area (Å²) in [5, 5.41) is 4.89. The van der Waals surface area contributed by atoms with E-state index in [1.165, 1.54) is 0 Å². The lowest BCUT2D eigenvalue weighted by Crippen LogP contribution is -2.52. The van der Waals surface area contributed by atoms with Gasteiger partial charge in [-0.25, -0.2) is 4.79 Å². The molecular weight excluding hydrogens is 336 g/mol. The molecule has 2 bridgehead atoms. The third-order valence-electron chi connectivity index (χ3n) is 5.11. The lowest BCUT2D eigenvalue weighted by molar-refractivity contribution is -0.0289. The highest BCUT2D eigenvalue weighted by atomic mass is 32.1. The SMILES string of the molecule is COc1ccccc1-c1sccc1NC(=O)OC1CN2CCC1CC2. The Morgan fingerprint density at radius 3 is 2.76 bits per heavy atom. The number of nitrogens with zero attached hydrogens (tertiary/aromatic N) is 1. The van der Waals surface area contributed by atoms with Crippen molar-refractivity contribution in [2.45, 2.75) is 18.9 Å². The topological polar surface area (TPSA) is 50.8 Å². The summed E-state index contributed by atoms with van der Waals surface area (Å²) in [7, 11) is 1.65. The molecule has 0 saturated carbocycles. The summed E-state index contributed by atoms with van der Waals surface area (Å²) in [4.78, 5) is 15.8. The van der Waals surface area contributed by atoms with Crippen LogP contribution in [0, 0.1) is 5.92 Å². The third kappa shape index (κ3) is 3.37. The molecule has 0 aliphatic carbocycles. The monoisotopic (exact) mass is 358 g/mol. The summed E-state index contributed by atoms with van der Waals surface area (Å²) >= 11 is 1.57. The van der Waals surface area contributed by atoms with Crippen LogP contribution in [0.3, 0.4) is 0 Å². The number of anilines is 1. The predicted molar refractivity (Wildman–Crippen MR) is 99.4 cm³/mol. The molecule has 6 heteroatoms. The molecule has 5 nitrogen and oxygen atoms in total. The third-order valence-corrected chi connectivity index (χ3v) is 6.06. The molecule has 1 unspecified atom stereocenters. The first kappa shape index (κ1) is 16.4. The molecule has 3 fully saturated rings. The quantitative estimate of drug-likeness (QED) is 0.895. The Morgan fingerprint density at radius 2 is 2.04 bits per heavy atom. The Morgan fingerprint density at radius 1 is 1.24 bits per heavy atom. The molecule has 2 aromatic rings. The molecule has 132 valence electrons. The second-order valence-corrected chi connectivity index (χ2v) is 7.49. The molecule has 0 radical (unpaired) electrons. The van der Waals surface area contributed by atoms with E-state index < -0.39 is 0 Å². The van der Waals surface area contributed by atoms with Crippen molar-refractivity contribution in [3.8, 4) is 16.2 Å². The first-order chi connectivity index (χ1) is 12.2. The van der Waals surface area contributed by atoms with Gasteiger partial charge < -0.3 is 9.47 Å². The van der Waals surface area contributed by atoms with Crippen LogP contribution in [-0.4, -0.2) is 43.8 Å². The summed E-state index contributed by atoms with van der Waals surface area (Å²) in [5.74, 6) is 1.30. The Labute approximate surface area is 151 Å². The van der Waals surface area contributed by atoms with E-state index in [2.05, 4.69) is 10.2 Å². The Hall–Kier alpha value is -2.05. The van der Waals surface area contributed by atoms with Gasteiger partial charge in [0.05, 0.1) is 17.7 Å². The normalized spacial score (nSPS) is 24.8. The number of thiophene rings is 1. The van der Waals surface area contributed by atoms with Crippen LogP contribution in [0.15, 0.2) is 35.7 Å². The number of ether oxygens (including phenoxy) is 2. The van der Waals surface area contributed by atoms with Crippen LogP contribution in [0.4, 0.5) is 10.5 Å². The number of fused-ring (bicyclic) bond motifs is 3. The molecule has 3 aliphatic rings. The van der Waals surface area contributed by atoms with Crippen molar-refractivity contribution < 1.29 is 14.3 Å². The number of hydrogen-bond acceptors (Lipinski definition) is 5. The number of hydrogen-bond donors (Lipinski definition) is 1. The smallest absolute Gasteiger partial charge is 0.411 e. The average molecular weight is 358 g/mol. The van der Waals surface area contributed by atoms with Crippen molar-refractivity contribution >= 4 is 23.1 Å². The minimum Gasteiger partial charge on any atom is -0.496 e. The van der Waals surface area contributed by atoms with Crippen LogP contribution in [0.1, 0.15) is 12.8 Å². The van der Waals surface area contributed by atoms with Gasteiger partial charge in [-0.2, -0.15) is 0 Å². The zero-order valence-electron chi connectivity index (χ0n) is 14.2. The predicted octanol–water partition coefficient (Wildman–Crippen LogP) is 4.07. The fraction of sp³-hybridized carbons (Fsp3) is 0.421. The van der Waals surface area contributed by atoms with Gasteiger partial charge in [0.15, 0.2) is 0 Å². The first-order valence-corrected chi connectivity index (χ1v) is 9.53. The highest BCUT2D eigenvalue weighted by molar-refractivity contribution is 7.14. The molecule has 1 N–H and O–H groups in total. The Kier molecular flexibility index (Phi) is 4.63. The molecule has 4 heterocycles. The van der Waals surface area contributed by atoms with Crippen LogP contribution in [-0.2, 0) is 4.74 Å². The number of amides is 1. The molecule has 1 amide bonds. The standard InChI is InChI=1S/C19H22N2O3S/c1-23-16-5-3-2-4-14(16)18-15(8-11-25-18)20-19(22)24-17-12-21-9-6-13(17)7-10-21/h2-5,8,11,13,17H,6-7,9-10,12H2,1H3,(H,20,22). The van der Waals surface area contributed by atoms with Crippen molar-refractivity contribution in [2.75, 3.05) is 32.1 Å². The van der Waals surface area contributed by atoms with Crippen LogP contribution in [0.2, 0.25) is 0 Å². The van der Waals surface area contributed by atoms with Gasteiger partial charge in [-0.1, -0.05) is 12.1 Å². The molecule has 0 spiro atoms. The largest absolute Gasteiger partial charge is 0.496 e. The second-order valence-electron chi connectivity index (χ2n) is 6.57. The molecule has 1 aromatic heterocycles. The molecule has 25 heavy (non-hydrogen) atoms. The Balaban J connectivity index is 1.47. The van der Waals surface area contributed by atoms with E-state index >= 15 is 0 Å². The van der Waals surface area contributed by atoms with Crippen LogP contribution < -0.4 is 10.1 Å². The van der Waals surface area contributed by atoms with Gasteiger partial charge in [-0.05, 0) is 55.4 Å². The van der Waals surface area contributed by atoms with Crippen LogP contribution >= 0.6 is 11.3 Å². The number of carbonyl (C=O) groups is 1. The molecule has 3 saturated heterocycles. The number of methoxy groups -OCH3 is 1. The van der Waals surface area contributed by atoms with Crippen molar-refractivity contribution in [3.63, 3.8) is 0 Å². The van der Waals surface area contributed by atoms with E-state index in [-0.39, 0.29) is 12.2 Å². The number of piperidine rings is 3. The molecule has 1 atom stereocenters. The first-order valence-electron chi connectivity index (χ1n) is 8.65. The number of nitrogens with one attached hydrogen (secondary N) is 1. The van der Waals surface area contributed by atoms with E-state index in [1.54, 1.807) is 18.4 Å². The number of rotatable bonds is 4. The molecule has 3 aliphatic heterocycles. The van der Waals surface area contributed by atoms with Crippen LogP contribution in [0.25, 0.3) is 10.4 Å². The highest BCUT2D eigenvalue weighted by Crippen LogP contribution is 2.39. The molecule has 1 aromatic carbocycles. The fourth-order valence-electron chi connectivity index (χ4n) is 3.77. The lowest BCUT2D eigenvalue weighted by Gasteiger charge is -2.43. The maximum atomic E-state index is 12.4. The summed E-state index contributed by atoms with van der Waals surface area (Å²) < 4.78 is 11.2. The summed E-state index contributed by atoms with van der Waals surface area (Å²) in [6.07, 6.45) is 1.90. The second kappa shape index (κ2) is 7.06. The van der Waals surface area contributed by atoms with Gasteiger partial charge in [-0.3, -0.25) is 10.2 Å². The van der Waals surface area contributed by atoms with Crippen molar-refractivity contribution in [1.82, 2.24) is 4.90 Å². The fourth-order valence-corrected chi connectivity index (χ4v) is 4.65. The zero-order chi connectivity index (χ0) is 17.2. The maximum Gasteiger partial charge on any atom is 0.411 e. The van der Waals surface area contributed by atoms with E-state index in [1.807, 2.05) is 35.7 Å². The van der Waals surface area contributed by atoms with E-state index in [9.17, 15) is 4.79 Å². The van der Waals surface area contributed by atoms with Gasteiger partial charge in [-0.15, -0.1) is 11.3 Å². The average Bonchev–Trinajstić information content (AvgIpc) is 3.10. The minimum atomic E-state index is -0.367. The van der Waals surface area contributed by atoms with Crippen LogP contribution in [0.5, 0.6) is 5.75 Å². The van der Waals surface area contributed by atoms with E-state index in [0.29, 0.717) is 5.92 Å². The zero-order valence-corrected chi connectivity index (χ0v) is 15.1.